The zero-order chi connectivity index (χ0) is 13.7. The van der Waals surface area contributed by atoms with Gasteiger partial charge in [0.2, 0.25) is 0 Å². The molecule has 1 atom stereocenters. The van der Waals surface area contributed by atoms with Gasteiger partial charge in [0.15, 0.2) is 0 Å². The molecule has 0 amide bonds. The number of carboxylic acid groups (broad SMARTS) is 1. The van der Waals surface area contributed by atoms with Crippen LogP contribution in [0.3, 0.4) is 0 Å². The molecule has 0 aliphatic carbocycles. The smallest absolute Gasteiger partial charge is 0.337 e. The Bertz CT molecular complexity index is 554. The lowest BCUT2D eigenvalue weighted by molar-refractivity contribution is 0.0694. The number of aliphatic hydroxyl groups excluding tert-OH is 1. The molecule has 19 heavy (non-hydrogen) atoms. The molecule has 2 aromatic rings. The molecule has 1 aromatic carbocycles. The molecule has 0 saturated heterocycles. The fraction of sp³-hybridized carbons (Fsp3) is 0.200. The SMILES string of the molecule is O=C(O)c1cccnc1C(CO)Cc1ccccc1. The van der Waals surface area contributed by atoms with E-state index in [1.54, 1.807) is 12.3 Å². The van der Waals surface area contributed by atoms with Gasteiger partial charge in [-0.1, -0.05) is 30.3 Å². The Morgan fingerprint density at radius 2 is 1.89 bits per heavy atom. The summed E-state index contributed by atoms with van der Waals surface area (Å²) in [6.45, 7) is -0.133. The number of aromatic carboxylic acids is 1. The fourth-order valence-electron chi connectivity index (χ4n) is 2.07. The van der Waals surface area contributed by atoms with E-state index in [2.05, 4.69) is 4.98 Å². The molecule has 4 heteroatoms. The highest BCUT2D eigenvalue weighted by atomic mass is 16.4. The summed E-state index contributed by atoms with van der Waals surface area (Å²) in [4.78, 5) is 15.3. The molecule has 0 bridgehead atoms. The number of pyridine rings is 1. The number of carbonyl (C=O) groups is 1. The highest BCUT2D eigenvalue weighted by Crippen LogP contribution is 2.22. The van der Waals surface area contributed by atoms with Gasteiger partial charge in [0.1, 0.15) is 0 Å². The van der Waals surface area contributed by atoms with Crippen LogP contribution >= 0.6 is 0 Å². The first-order chi connectivity index (χ1) is 9.22. The number of benzene rings is 1. The van der Waals surface area contributed by atoms with Gasteiger partial charge in [0.05, 0.1) is 17.9 Å². The summed E-state index contributed by atoms with van der Waals surface area (Å²) in [7, 11) is 0. The Balaban J connectivity index is 2.30. The maximum absolute atomic E-state index is 11.2. The van der Waals surface area contributed by atoms with Gasteiger partial charge in [-0.2, -0.15) is 0 Å². The first-order valence-electron chi connectivity index (χ1n) is 6.05. The summed E-state index contributed by atoms with van der Waals surface area (Å²) in [6.07, 6.45) is 2.12. The van der Waals surface area contributed by atoms with Gasteiger partial charge in [-0.05, 0) is 24.1 Å². The Morgan fingerprint density at radius 3 is 2.53 bits per heavy atom. The van der Waals surface area contributed by atoms with E-state index in [9.17, 15) is 9.90 Å². The van der Waals surface area contributed by atoms with E-state index in [4.69, 9.17) is 5.11 Å². The van der Waals surface area contributed by atoms with Gasteiger partial charge < -0.3 is 10.2 Å². The molecule has 1 unspecified atom stereocenters. The van der Waals surface area contributed by atoms with Crippen LogP contribution in [-0.2, 0) is 6.42 Å². The predicted molar refractivity (Wildman–Crippen MR) is 71.2 cm³/mol. The minimum absolute atomic E-state index is 0.133. The normalized spacial score (nSPS) is 12.1. The number of aromatic nitrogens is 1. The number of carboxylic acids is 1. The van der Waals surface area contributed by atoms with Crippen molar-refractivity contribution in [3.8, 4) is 0 Å². The summed E-state index contributed by atoms with van der Waals surface area (Å²) in [5, 5.41) is 18.7. The third kappa shape index (κ3) is 3.17. The molecule has 2 N–H and O–H groups in total. The Hall–Kier alpha value is -2.20. The number of rotatable bonds is 5. The molecule has 1 heterocycles. The van der Waals surface area contributed by atoms with E-state index in [1.165, 1.54) is 6.07 Å². The lowest BCUT2D eigenvalue weighted by Crippen LogP contribution is -2.14. The van der Waals surface area contributed by atoms with Crippen molar-refractivity contribution in [2.24, 2.45) is 0 Å². The minimum atomic E-state index is -1.02. The maximum atomic E-state index is 11.2. The summed E-state index contributed by atoms with van der Waals surface area (Å²) >= 11 is 0. The molecule has 0 spiro atoms. The summed E-state index contributed by atoms with van der Waals surface area (Å²) in [5.41, 5.74) is 1.63. The van der Waals surface area contributed by atoms with Gasteiger partial charge in [0, 0.05) is 12.1 Å². The van der Waals surface area contributed by atoms with Crippen molar-refractivity contribution in [3.05, 3.63) is 65.5 Å². The van der Waals surface area contributed by atoms with Gasteiger partial charge in [0.25, 0.3) is 0 Å². The standard InChI is InChI=1S/C15H15NO3/c17-10-12(9-11-5-2-1-3-6-11)14-13(15(18)19)7-4-8-16-14/h1-8,12,17H,9-10H2,(H,18,19). The van der Waals surface area contributed by atoms with E-state index in [0.29, 0.717) is 12.1 Å². The average Bonchev–Trinajstić information content (AvgIpc) is 2.46. The van der Waals surface area contributed by atoms with Crippen LogP contribution in [-0.4, -0.2) is 27.8 Å². The van der Waals surface area contributed by atoms with Crippen LogP contribution in [0.4, 0.5) is 0 Å². The van der Waals surface area contributed by atoms with Crippen LogP contribution in [0.25, 0.3) is 0 Å². The van der Waals surface area contributed by atoms with E-state index in [1.807, 2.05) is 30.3 Å². The molecule has 0 aliphatic rings. The Morgan fingerprint density at radius 1 is 1.16 bits per heavy atom. The fourth-order valence-corrected chi connectivity index (χ4v) is 2.07. The molecule has 0 radical (unpaired) electrons. The third-order valence-electron chi connectivity index (χ3n) is 3.00. The van der Waals surface area contributed by atoms with Crippen LogP contribution in [0.2, 0.25) is 0 Å². The third-order valence-corrected chi connectivity index (χ3v) is 3.00. The molecular formula is C15H15NO3. The van der Waals surface area contributed by atoms with Crippen LogP contribution in [0.5, 0.6) is 0 Å². The van der Waals surface area contributed by atoms with Crippen molar-refractivity contribution < 1.29 is 15.0 Å². The molecular weight excluding hydrogens is 242 g/mol. The van der Waals surface area contributed by atoms with Crippen molar-refractivity contribution in [3.63, 3.8) is 0 Å². The van der Waals surface area contributed by atoms with E-state index < -0.39 is 5.97 Å². The molecule has 1 aromatic heterocycles. The zero-order valence-electron chi connectivity index (χ0n) is 10.4. The number of hydrogen-bond donors (Lipinski definition) is 2. The second kappa shape index (κ2) is 6.11. The lowest BCUT2D eigenvalue weighted by Gasteiger charge is -2.15. The second-order valence-corrected chi connectivity index (χ2v) is 4.31. The Kier molecular flexibility index (Phi) is 4.26. The first-order valence-corrected chi connectivity index (χ1v) is 6.05. The summed E-state index contributed by atoms with van der Waals surface area (Å²) < 4.78 is 0. The van der Waals surface area contributed by atoms with E-state index in [0.717, 1.165) is 5.56 Å². The Labute approximate surface area is 111 Å². The molecule has 4 nitrogen and oxygen atoms in total. The monoisotopic (exact) mass is 257 g/mol. The highest BCUT2D eigenvalue weighted by molar-refractivity contribution is 5.89. The first kappa shape index (κ1) is 13.2. The molecule has 0 aliphatic heterocycles. The largest absolute Gasteiger partial charge is 0.478 e. The highest BCUT2D eigenvalue weighted by Gasteiger charge is 2.19. The van der Waals surface area contributed by atoms with E-state index >= 15 is 0 Å². The van der Waals surface area contributed by atoms with Crippen LogP contribution in [0, 0.1) is 0 Å². The molecule has 98 valence electrons. The topological polar surface area (TPSA) is 70.4 Å². The van der Waals surface area contributed by atoms with E-state index in [-0.39, 0.29) is 18.1 Å². The van der Waals surface area contributed by atoms with Crippen molar-refractivity contribution in [2.45, 2.75) is 12.3 Å². The van der Waals surface area contributed by atoms with Crippen LogP contribution in [0.15, 0.2) is 48.7 Å². The predicted octanol–water partition coefficient (Wildman–Crippen LogP) is 2.10. The average molecular weight is 257 g/mol. The second-order valence-electron chi connectivity index (χ2n) is 4.31. The van der Waals surface area contributed by atoms with Gasteiger partial charge >= 0.3 is 5.97 Å². The van der Waals surface area contributed by atoms with Crippen LogP contribution in [0.1, 0.15) is 27.5 Å². The van der Waals surface area contributed by atoms with Gasteiger partial charge in [-0.25, -0.2) is 4.79 Å². The lowest BCUT2D eigenvalue weighted by atomic mass is 9.93. The van der Waals surface area contributed by atoms with Gasteiger partial charge in [-0.3, -0.25) is 4.98 Å². The summed E-state index contributed by atoms with van der Waals surface area (Å²) in [6, 6.07) is 12.8. The van der Waals surface area contributed by atoms with Crippen molar-refractivity contribution in [1.82, 2.24) is 4.98 Å². The number of nitrogens with zero attached hydrogens (tertiary/aromatic N) is 1. The molecule has 0 saturated carbocycles. The van der Waals surface area contributed by atoms with Crippen LogP contribution < -0.4 is 0 Å². The molecule has 2 rings (SSSR count). The number of aliphatic hydroxyl groups is 1. The summed E-state index contributed by atoms with van der Waals surface area (Å²) in [5.74, 6) is -1.33. The number of hydrogen-bond acceptors (Lipinski definition) is 3. The van der Waals surface area contributed by atoms with Crippen molar-refractivity contribution >= 4 is 5.97 Å². The zero-order valence-corrected chi connectivity index (χ0v) is 10.4. The maximum Gasteiger partial charge on any atom is 0.337 e. The van der Waals surface area contributed by atoms with Crippen molar-refractivity contribution in [1.29, 1.82) is 0 Å². The van der Waals surface area contributed by atoms with Gasteiger partial charge in [-0.15, -0.1) is 0 Å². The minimum Gasteiger partial charge on any atom is -0.478 e. The molecule has 0 fully saturated rings. The van der Waals surface area contributed by atoms with Crippen molar-refractivity contribution in [2.75, 3.05) is 6.61 Å². The quantitative estimate of drug-likeness (QED) is 0.860.